The molecule has 0 aliphatic carbocycles. The van der Waals surface area contributed by atoms with Crippen molar-refractivity contribution in [1.82, 2.24) is 5.32 Å². The van der Waals surface area contributed by atoms with Gasteiger partial charge in [0.25, 0.3) is 5.91 Å². The minimum absolute atomic E-state index is 0.135. The van der Waals surface area contributed by atoms with Crippen molar-refractivity contribution in [2.45, 2.75) is 0 Å². The number of primary amides is 1. The molecule has 0 fully saturated rings. The van der Waals surface area contributed by atoms with Crippen LogP contribution >= 0.6 is 11.3 Å². The van der Waals surface area contributed by atoms with Gasteiger partial charge < -0.3 is 11.1 Å². The summed E-state index contributed by atoms with van der Waals surface area (Å²) in [5.41, 5.74) is 6.99. The van der Waals surface area contributed by atoms with E-state index in [0.717, 1.165) is 5.56 Å². The van der Waals surface area contributed by atoms with E-state index in [2.05, 4.69) is 17.2 Å². The summed E-state index contributed by atoms with van der Waals surface area (Å²) in [7, 11) is 0. The van der Waals surface area contributed by atoms with Gasteiger partial charge in [0.05, 0.1) is 12.1 Å². The number of carbonyl (C=O) groups is 2. The second-order valence-electron chi connectivity index (χ2n) is 3.94. The van der Waals surface area contributed by atoms with E-state index in [4.69, 9.17) is 5.73 Å². The van der Waals surface area contributed by atoms with Gasteiger partial charge in [0.15, 0.2) is 0 Å². The van der Waals surface area contributed by atoms with Crippen molar-refractivity contribution in [3.05, 3.63) is 57.8 Å². The fraction of sp³-hybridized carbons (Fsp3) is 0.0667. The zero-order valence-electron chi connectivity index (χ0n) is 10.6. The molecule has 0 atom stereocenters. The summed E-state index contributed by atoms with van der Waals surface area (Å²) in [6.07, 6.45) is 0. The van der Waals surface area contributed by atoms with Crippen molar-refractivity contribution in [2.75, 3.05) is 6.54 Å². The zero-order valence-corrected chi connectivity index (χ0v) is 11.4. The monoisotopic (exact) mass is 284 g/mol. The number of nitrogens with one attached hydrogen (secondary N) is 1. The van der Waals surface area contributed by atoms with E-state index in [9.17, 15) is 9.59 Å². The summed E-state index contributed by atoms with van der Waals surface area (Å²) in [6.45, 7) is 0.270. The molecular weight excluding hydrogens is 272 g/mol. The lowest BCUT2D eigenvalue weighted by Gasteiger charge is -1.97. The van der Waals surface area contributed by atoms with Crippen LogP contribution in [-0.4, -0.2) is 18.4 Å². The quantitative estimate of drug-likeness (QED) is 0.841. The number of amides is 2. The van der Waals surface area contributed by atoms with Crippen molar-refractivity contribution in [2.24, 2.45) is 5.73 Å². The van der Waals surface area contributed by atoms with Crippen LogP contribution < -0.4 is 11.1 Å². The van der Waals surface area contributed by atoms with Crippen LogP contribution in [0.1, 0.15) is 26.3 Å². The molecule has 2 amide bonds. The van der Waals surface area contributed by atoms with Gasteiger partial charge >= 0.3 is 0 Å². The molecule has 0 aliphatic heterocycles. The fourth-order valence-electron chi connectivity index (χ4n) is 1.48. The van der Waals surface area contributed by atoms with Gasteiger partial charge in [-0.25, -0.2) is 0 Å². The lowest BCUT2D eigenvalue weighted by molar-refractivity contribution is 0.0957. The van der Waals surface area contributed by atoms with Gasteiger partial charge in [0.2, 0.25) is 5.91 Å². The molecule has 5 heteroatoms. The summed E-state index contributed by atoms with van der Waals surface area (Å²) in [5.74, 6) is 5.15. The smallest absolute Gasteiger partial charge is 0.252 e. The molecule has 0 bridgehead atoms. The van der Waals surface area contributed by atoms with Gasteiger partial charge in [-0.15, -0.1) is 0 Å². The Bertz CT molecular complexity index is 664. The normalized spacial score (nSPS) is 9.40. The number of thiophene rings is 1. The van der Waals surface area contributed by atoms with Crippen LogP contribution in [0.25, 0.3) is 0 Å². The average molecular weight is 284 g/mol. The summed E-state index contributed by atoms with van der Waals surface area (Å²) in [6, 6.07) is 8.43. The highest BCUT2D eigenvalue weighted by molar-refractivity contribution is 7.08. The molecule has 1 aromatic heterocycles. The van der Waals surface area contributed by atoms with Crippen LogP contribution in [-0.2, 0) is 0 Å². The number of carbonyl (C=O) groups excluding carboxylic acids is 2. The molecule has 1 aromatic carbocycles. The van der Waals surface area contributed by atoms with Gasteiger partial charge in [0.1, 0.15) is 0 Å². The van der Waals surface area contributed by atoms with Gasteiger partial charge in [0, 0.05) is 16.5 Å². The highest BCUT2D eigenvalue weighted by Crippen LogP contribution is 2.05. The second kappa shape index (κ2) is 6.55. The predicted octanol–water partition coefficient (Wildman–Crippen LogP) is 1.63. The molecule has 0 radical (unpaired) electrons. The molecule has 100 valence electrons. The highest BCUT2D eigenvalue weighted by atomic mass is 32.1. The van der Waals surface area contributed by atoms with Crippen LogP contribution in [0.4, 0.5) is 0 Å². The first-order chi connectivity index (χ1) is 9.66. The maximum atomic E-state index is 11.6. The summed E-state index contributed by atoms with van der Waals surface area (Å²) in [5, 5.41) is 6.34. The molecule has 0 aliphatic rings. The second-order valence-corrected chi connectivity index (χ2v) is 4.72. The number of rotatable bonds is 3. The fourth-order valence-corrected chi connectivity index (χ4v) is 2.12. The van der Waals surface area contributed by atoms with Crippen LogP contribution in [0, 0.1) is 11.8 Å². The Morgan fingerprint density at radius 3 is 2.50 bits per heavy atom. The van der Waals surface area contributed by atoms with E-state index in [1.54, 1.807) is 35.7 Å². The maximum Gasteiger partial charge on any atom is 0.252 e. The molecular formula is C15H12N2O2S. The lowest BCUT2D eigenvalue weighted by Crippen LogP contribution is -2.22. The van der Waals surface area contributed by atoms with E-state index in [1.807, 2.05) is 5.38 Å². The van der Waals surface area contributed by atoms with Crippen molar-refractivity contribution >= 4 is 23.2 Å². The Hall–Kier alpha value is -2.58. The first kappa shape index (κ1) is 13.8. The molecule has 4 nitrogen and oxygen atoms in total. The van der Waals surface area contributed by atoms with E-state index in [0.29, 0.717) is 11.1 Å². The Morgan fingerprint density at radius 1 is 1.15 bits per heavy atom. The minimum atomic E-state index is -0.465. The van der Waals surface area contributed by atoms with Crippen LogP contribution in [0.5, 0.6) is 0 Å². The van der Waals surface area contributed by atoms with Gasteiger partial charge in [-0.2, -0.15) is 11.3 Å². The zero-order chi connectivity index (χ0) is 14.4. The van der Waals surface area contributed by atoms with Crippen molar-refractivity contribution in [3.63, 3.8) is 0 Å². The Morgan fingerprint density at radius 2 is 1.90 bits per heavy atom. The molecule has 1 heterocycles. The number of hydrogen-bond donors (Lipinski definition) is 2. The van der Waals surface area contributed by atoms with Gasteiger partial charge in [-0.3, -0.25) is 9.59 Å². The molecule has 3 N–H and O–H groups in total. The van der Waals surface area contributed by atoms with Crippen LogP contribution in [0.2, 0.25) is 0 Å². The number of benzene rings is 1. The van der Waals surface area contributed by atoms with Crippen molar-refractivity contribution < 1.29 is 9.59 Å². The molecule has 0 saturated heterocycles. The Balaban J connectivity index is 1.88. The maximum absolute atomic E-state index is 11.6. The molecule has 0 unspecified atom stereocenters. The average Bonchev–Trinajstić information content (AvgIpc) is 2.98. The number of hydrogen-bond acceptors (Lipinski definition) is 3. The van der Waals surface area contributed by atoms with Gasteiger partial charge in [-0.1, -0.05) is 11.8 Å². The van der Waals surface area contributed by atoms with E-state index < -0.39 is 5.91 Å². The standard InChI is InChI=1S/C15H12N2O2S/c16-14(18)12-5-3-11(4-6-12)2-1-8-17-15(19)13-7-9-20-10-13/h3-7,9-10H,8H2,(H2,16,18)(H,17,19). The third-order valence-corrected chi connectivity index (χ3v) is 3.21. The van der Waals surface area contributed by atoms with E-state index >= 15 is 0 Å². The summed E-state index contributed by atoms with van der Waals surface area (Å²) < 4.78 is 0. The first-order valence-electron chi connectivity index (χ1n) is 5.86. The van der Waals surface area contributed by atoms with E-state index in [-0.39, 0.29) is 12.5 Å². The molecule has 20 heavy (non-hydrogen) atoms. The molecule has 0 saturated carbocycles. The first-order valence-corrected chi connectivity index (χ1v) is 6.80. The van der Waals surface area contributed by atoms with E-state index in [1.165, 1.54) is 11.3 Å². The third-order valence-electron chi connectivity index (χ3n) is 2.52. The minimum Gasteiger partial charge on any atom is -0.366 e. The number of nitrogens with two attached hydrogens (primary N) is 1. The van der Waals surface area contributed by atoms with Crippen LogP contribution in [0.15, 0.2) is 41.1 Å². The molecule has 2 aromatic rings. The highest BCUT2D eigenvalue weighted by Gasteiger charge is 2.02. The molecule has 2 rings (SSSR count). The largest absolute Gasteiger partial charge is 0.366 e. The van der Waals surface area contributed by atoms with Crippen LogP contribution in [0.3, 0.4) is 0 Å². The Kier molecular flexibility index (Phi) is 4.53. The van der Waals surface area contributed by atoms with Gasteiger partial charge in [-0.05, 0) is 35.7 Å². The Labute approximate surface area is 120 Å². The SMILES string of the molecule is NC(=O)c1ccc(C#CCNC(=O)c2ccsc2)cc1. The third kappa shape index (κ3) is 3.70. The predicted molar refractivity (Wildman–Crippen MR) is 78.5 cm³/mol. The lowest BCUT2D eigenvalue weighted by atomic mass is 10.1. The summed E-state index contributed by atoms with van der Waals surface area (Å²) >= 11 is 1.47. The molecule has 0 spiro atoms. The summed E-state index contributed by atoms with van der Waals surface area (Å²) in [4.78, 5) is 22.5. The van der Waals surface area contributed by atoms with Crippen molar-refractivity contribution in [3.8, 4) is 11.8 Å². The topological polar surface area (TPSA) is 72.2 Å². The van der Waals surface area contributed by atoms with Crippen molar-refractivity contribution in [1.29, 1.82) is 0 Å².